The van der Waals surface area contributed by atoms with Crippen LogP contribution in [0.1, 0.15) is 30.5 Å². The van der Waals surface area contributed by atoms with Gasteiger partial charge in [-0.2, -0.15) is 0 Å². The van der Waals surface area contributed by atoms with E-state index >= 15 is 0 Å². The summed E-state index contributed by atoms with van der Waals surface area (Å²) in [6, 6.07) is 13.7. The number of hydrogen-bond acceptors (Lipinski definition) is 4. The van der Waals surface area contributed by atoms with Gasteiger partial charge in [-0.05, 0) is 49.6 Å². The Morgan fingerprint density at radius 3 is 2.48 bits per heavy atom. The van der Waals surface area contributed by atoms with Crippen molar-refractivity contribution in [2.24, 2.45) is 0 Å². The molecule has 2 aromatic carbocycles. The third kappa shape index (κ3) is 3.69. The minimum Gasteiger partial charge on any atom is -0.368 e. The lowest BCUT2D eigenvalue weighted by molar-refractivity contribution is -0.135. The lowest BCUT2D eigenvalue weighted by atomic mass is 10.1. The molecule has 1 aliphatic rings. The molecule has 3 aromatic rings. The lowest BCUT2D eigenvalue weighted by Crippen LogP contribution is -2.51. The molecule has 1 aromatic heterocycles. The number of fused-ring (bicyclic) bond motifs is 1. The molecule has 0 radical (unpaired) electrons. The Bertz CT molecular complexity index is 1090. The SMILES string of the molecule is CCC(C(=O)N1CCN(c2cc(C)ccc2C)CC1)n1sc2ccccc2c1=O. The first kappa shape index (κ1) is 19.7. The second-order valence-corrected chi connectivity index (χ2v) is 8.76. The van der Waals surface area contributed by atoms with Gasteiger partial charge in [0.2, 0.25) is 5.91 Å². The van der Waals surface area contributed by atoms with Crippen LogP contribution in [0.15, 0.2) is 47.3 Å². The van der Waals surface area contributed by atoms with Crippen LogP contribution in [0.25, 0.3) is 10.1 Å². The normalized spacial score (nSPS) is 15.7. The molecular weight excluding hydrogens is 382 g/mol. The topological polar surface area (TPSA) is 45.6 Å². The van der Waals surface area contributed by atoms with Crippen molar-refractivity contribution in [1.82, 2.24) is 8.86 Å². The quantitative estimate of drug-likeness (QED) is 0.655. The van der Waals surface area contributed by atoms with Crippen molar-refractivity contribution in [3.63, 3.8) is 0 Å². The molecule has 1 amide bonds. The van der Waals surface area contributed by atoms with Crippen molar-refractivity contribution in [1.29, 1.82) is 0 Å². The Kier molecular flexibility index (Phi) is 5.46. The second-order valence-electron chi connectivity index (χ2n) is 7.74. The van der Waals surface area contributed by atoms with E-state index in [1.165, 1.54) is 28.3 Å². The molecule has 1 aliphatic heterocycles. The Labute approximate surface area is 175 Å². The highest BCUT2D eigenvalue weighted by Crippen LogP contribution is 2.26. The molecule has 1 fully saturated rings. The Morgan fingerprint density at radius 2 is 1.79 bits per heavy atom. The summed E-state index contributed by atoms with van der Waals surface area (Å²) in [6.07, 6.45) is 0.614. The Morgan fingerprint density at radius 1 is 1.07 bits per heavy atom. The summed E-state index contributed by atoms with van der Waals surface area (Å²) in [5, 5.41) is 0.698. The molecule has 1 saturated heterocycles. The van der Waals surface area contributed by atoms with Crippen molar-refractivity contribution < 1.29 is 4.79 Å². The molecular formula is C23H27N3O2S. The van der Waals surface area contributed by atoms with E-state index in [0.717, 1.165) is 17.8 Å². The molecule has 29 heavy (non-hydrogen) atoms. The summed E-state index contributed by atoms with van der Waals surface area (Å²) in [4.78, 5) is 30.4. The first-order valence-electron chi connectivity index (χ1n) is 10.2. The first-order valence-corrected chi connectivity index (χ1v) is 11.0. The van der Waals surface area contributed by atoms with Gasteiger partial charge in [-0.15, -0.1) is 0 Å². The molecule has 152 valence electrons. The van der Waals surface area contributed by atoms with Gasteiger partial charge >= 0.3 is 0 Å². The van der Waals surface area contributed by atoms with Crippen LogP contribution >= 0.6 is 11.5 Å². The van der Waals surface area contributed by atoms with E-state index in [1.54, 1.807) is 3.96 Å². The molecule has 0 saturated carbocycles. The van der Waals surface area contributed by atoms with E-state index in [9.17, 15) is 9.59 Å². The maximum absolute atomic E-state index is 13.3. The number of aryl methyl sites for hydroxylation is 2. The number of piperazine rings is 1. The molecule has 5 nitrogen and oxygen atoms in total. The highest BCUT2D eigenvalue weighted by Gasteiger charge is 2.29. The molecule has 0 bridgehead atoms. The van der Waals surface area contributed by atoms with E-state index in [0.29, 0.717) is 24.9 Å². The molecule has 1 unspecified atom stereocenters. The van der Waals surface area contributed by atoms with Crippen LogP contribution in [0.4, 0.5) is 5.69 Å². The zero-order chi connectivity index (χ0) is 20.5. The number of nitrogens with zero attached hydrogens (tertiary/aromatic N) is 3. The van der Waals surface area contributed by atoms with E-state index in [4.69, 9.17) is 0 Å². The average molecular weight is 410 g/mol. The van der Waals surface area contributed by atoms with Crippen molar-refractivity contribution in [3.05, 3.63) is 63.9 Å². The van der Waals surface area contributed by atoms with Gasteiger partial charge in [0.05, 0.1) is 10.1 Å². The van der Waals surface area contributed by atoms with Crippen molar-refractivity contribution in [2.75, 3.05) is 31.1 Å². The Hall–Kier alpha value is -2.60. The van der Waals surface area contributed by atoms with E-state index in [-0.39, 0.29) is 11.5 Å². The molecule has 0 N–H and O–H groups in total. The number of rotatable bonds is 4. The van der Waals surface area contributed by atoms with Crippen molar-refractivity contribution >= 4 is 33.2 Å². The Balaban J connectivity index is 1.51. The molecule has 1 atom stereocenters. The standard InChI is InChI=1S/C23H27N3O2S/c1-4-19(26-22(27)18-7-5-6-8-21(18)29-26)23(28)25-13-11-24(12-14-25)20-15-16(2)9-10-17(20)3/h5-10,15,19H,4,11-14H2,1-3H3. The summed E-state index contributed by atoms with van der Waals surface area (Å²) in [7, 11) is 0. The minimum absolute atomic E-state index is 0.0557. The molecule has 6 heteroatoms. The molecule has 4 rings (SSSR count). The van der Waals surface area contributed by atoms with E-state index in [1.807, 2.05) is 36.1 Å². The number of aromatic nitrogens is 1. The number of carbonyl (C=O) groups excluding carboxylic acids is 1. The molecule has 0 aliphatic carbocycles. The maximum Gasteiger partial charge on any atom is 0.269 e. The summed E-state index contributed by atoms with van der Waals surface area (Å²) >= 11 is 1.40. The maximum atomic E-state index is 13.3. The van der Waals surface area contributed by atoms with E-state index < -0.39 is 6.04 Å². The van der Waals surface area contributed by atoms with Gasteiger partial charge in [0.1, 0.15) is 6.04 Å². The predicted octanol–water partition coefficient (Wildman–Crippen LogP) is 3.98. The van der Waals surface area contributed by atoms with Crippen LogP contribution in [0, 0.1) is 13.8 Å². The number of carbonyl (C=O) groups is 1. The first-order chi connectivity index (χ1) is 14.0. The number of anilines is 1. The second kappa shape index (κ2) is 8.03. The van der Waals surface area contributed by atoms with Crippen LogP contribution in [0.2, 0.25) is 0 Å². The average Bonchev–Trinajstić information content (AvgIpc) is 3.07. The van der Waals surface area contributed by atoms with Crippen LogP contribution in [-0.4, -0.2) is 40.9 Å². The van der Waals surface area contributed by atoms with Crippen LogP contribution in [0.3, 0.4) is 0 Å². The van der Waals surface area contributed by atoms with Crippen LogP contribution in [0.5, 0.6) is 0 Å². The number of benzene rings is 2. The summed E-state index contributed by atoms with van der Waals surface area (Å²) in [5.74, 6) is 0.0572. The van der Waals surface area contributed by atoms with Crippen LogP contribution < -0.4 is 10.5 Å². The lowest BCUT2D eigenvalue weighted by Gasteiger charge is -2.38. The fraction of sp³-hybridized carbons (Fsp3) is 0.391. The van der Waals surface area contributed by atoms with Gasteiger partial charge in [-0.1, -0.05) is 42.7 Å². The smallest absolute Gasteiger partial charge is 0.269 e. The largest absolute Gasteiger partial charge is 0.368 e. The summed E-state index contributed by atoms with van der Waals surface area (Å²) in [5.41, 5.74) is 3.71. The van der Waals surface area contributed by atoms with Gasteiger partial charge in [0.25, 0.3) is 5.56 Å². The van der Waals surface area contributed by atoms with Crippen LogP contribution in [-0.2, 0) is 4.79 Å². The van der Waals surface area contributed by atoms with Gasteiger partial charge in [0.15, 0.2) is 0 Å². The van der Waals surface area contributed by atoms with Gasteiger partial charge in [-0.25, -0.2) is 0 Å². The molecule has 2 heterocycles. The third-order valence-electron chi connectivity index (χ3n) is 5.77. The molecule has 0 spiro atoms. The van der Waals surface area contributed by atoms with Crippen molar-refractivity contribution in [2.45, 2.75) is 33.2 Å². The monoisotopic (exact) mass is 409 g/mol. The predicted molar refractivity (Wildman–Crippen MR) is 120 cm³/mol. The fourth-order valence-corrected chi connectivity index (χ4v) is 5.23. The van der Waals surface area contributed by atoms with Gasteiger partial charge in [0, 0.05) is 31.9 Å². The van der Waals surface area contributed by atoms with E-state index in [2.05, 4.69) is 36.9 Å². The summed E-state index contributed by atoms with van der Waals surface area (Å²) in [6.45, 7) is 9.21. The van der Waals surface area contributed by atoms with Crippen molar-refractivity contribution in [3.8, 4) is 0 Å². The highest BCUT2D eigenvalue weighted by molar-refractivity contribution is 7.14. The van der Waals surface area contributed by atoms with Gasteiger partial charge < -0.3 is 9.80 Å². The fourth-order valence-electron chi connectivity index (χ4n) is 4.07. The van der Waals surface area contributed by atoms with Gasteiger partial charge in [-0.3, -0.25) is 13.5 Å². The zero-order valence-corrected chi connectivity index (χ0v) is 18.0. The number of hydrogen-bond donors (Lipinski definition) is 0. The number of amides is 1. The summed E-state index contributed by atoms with van der Waals surface area (Å²) < 4.78 is 2.60. The highest BCUT2D eigenvalue weighted by atomic mass is 32.1. The zero-order valence-electron chi connectivity index (χ0n) is 17.2. The minimum atomic E-state index is -0.424. The third-order valence-corrected chi connectivity index (χ3v) is 6.94.